The smallest absolute Gasteiger partial charge is 0.0733 e. The Morgan fingerprint density at radius 2 is 1.85 bits per heavy atom. The summed E-state index contributed by atoms with van der Waals surface area (Å²) in [6.45, 7) is 0. The molecule has 13 heavy (non-hydrogen) atoms. The summed E-state index contributed by atoms with van der Waals surface area (Å²) in [5.41, 5.74) is 1.64. The summed E-state index contributed by atoms with van der Waals surface area (Å²) in [7, 11) is 0. The summed E-state index contributed by atoms with van der Waals surface area (Å²) in [4.78, 5) is 0. The van der Waals surface area contributed by atoms with Gasteiger partial charge in [0, 0.05) is 17.3 Å². The van der Waals surface area contributed by atoms with Crippen LogP contribution in [0.2, 0.25) is 0 Å². The van der Waals surface area contributed by atoms with Crippen molar-refractivity contribution in [2.24, 2.45) is 0 Å². The van der Waals surface area contributed by atoms with Gasteiger partial charge in [-0.1, -0.05) is 30.3 Å². The highest BCUT2D eigenvalue weighted by Gasteiger charge is 2.16. The second kappa shape index (κ2) is 5.55. The zero-order chi connectivity index (χ0) is 8.93. The van der Waals surface area contributed by atoms with Crippen molar-refractivity contribution < 1.29 is 0 Å². The van der Waals surface area contributed by atoms with Gasteiger partial charge in [-0.25, -0.2) is 0 Å². The number of benzene rings is 1. The van der Waals surface area contributed by atoms with E-state index >= 15 is 0 Å². The maximum atomic E-state index is 2.22. The maximum absolute atomic E-state index is 2.22. The molecule has 1 aliphatic rings. The average Bonchev–Trinajstić information content (AvgIpc) is 2.69. The van der Waals surface area contributed by atoms with Gasteiger partial charge in [0.1, 0.15) is 0 Å². The van der Waals surface area contributed by atoms with E-state index in [9.17, 15) is 0 Å². The summed E-state index contributed by atoms with van der Waals surface area (Å²) < 4.78 is 0. The molecule has 1 saturated heterocycles. The van der Waals surface area contributed by atoms with Crippen molar-refractivity contribution in [1.82, 2.24) is 0 Å². The first-order chi connectivity index (χ1) is 6.45. The quantitative estimate of drug-likeness (QED) is 0.714. The Hall–Kier alpha value is 0.700. The Morgan fingerprint density at radius 1 is 1.15 bits per heavy atom. The van der Waals surface area contributed by atoms with Crippen molar-refractivity contribution >= 4 is 39.7 Å². The van der Waals surface area contributed by atoms with E-state index in [-0.39, 0.29) is 5.53 Å². The third-order valence-electron chi connectivity index (χ3n) is 1.66. The molecule has 1 aliphatic heterocycles. The lowest BCUT2D eigenvalue weighted by Crippen LogP contribution is -1.74. The normalized spacial score (nSPS) is 17.8. The molecule has 0 saturated carbocycles. The van der Waals surface area contributed by atoms with Gasteiger partial charge < -0.3 is 0 Å². The Kier molecular flexibility index (Phi) is 4.36. The van der Waals surface area contributed by atoms with Gasteiger partial charge in [-0.2, -0.15) is 0 Å². The molecule has 0 aliphatic carbocycles. The van der Waals surface area contributed by atoms with Crippen molar-refractivity contribution in [2.75, 3.05) is 11.5 Å². The predicted molar refractivity (Wildman–Crippen MR) is 69.6 cm³/mol. The summed E-state index contributed by atoms with van der Waals surface area (Å²) >= 11 is 6.43. The van der Waals surface area contributed by atoms with Crippen molar-refractivity contribution in [3.63, 3.8) is 0 Å². The van der Waals surface area contributed by atoms with E-state index in [1.54, 1.807) is 0 Å². The fraction of sp³-hybridized carbons (Fsp3) is 0.333. The molecule has 1 heterocycles. The van der Waals surface area contributed by atoms with Crippen LogP contribution in [0.15, 0.2) is 30.3 Å². The molecule has 0 atom stereocenters. The van der Waals surface area contributed by atoms with E-state index in [0.29, 0.717) is 0 Å². The summed E-state index contributed by atoms with van der Waals surface area (Å²) in [5, 5.41) is 0. The molecule has 0 N–H and O–H groups in total. The van der Waals surface area contributed by atoms with Crippen LogP contribution < -0.4 is 0 Å². The van der Waals surface area contributed by atoms with Crippen LogP contribution in [-0.2, 0) is 5.75 Å². The Morgan fingerprint density at radius 3 is 2.54 bits per heavy atom. The van der Waals surface area contributed by atoms with E-state index in [4.69, 9.17) is 0 Å². The van der Waals surface area contributed by atoms with Crippen LogP contribution in [0.3, 0.4) is 0 Å². The fourth-order valence-electron chi connectivity index (χ4n) is 1.04. The Bertz CT molecular complexity index is 246. The van der Waals surface area contributed by atoms with Crippen molar-refractivity contribution in [1.29, 1.82) is 0 Å². The number of rotatable bonds is 3. The van der Waals surface area contributed by atoms with Gasteiger partial charge in [-0.3, -0.25) is 0 Å². The summed E-state index contributed by atoms with van der Waals surface area (Å²) in [5.74, 6) is 3.91. The third kappa shape index (κ3) is 3.39. The van der Waals surface area contributed by atoms with Crippen molar-refractivity contribution in [3.8, 4) is 0 Å². The van der Waals surface area contributed by atoms with Crippen LogP contribution in [0.1, 0.15) is 5.56 Å². The molecule has 2 rings (SSSR count). The fourth-order valence-corrected chi connectivity index (χ4v) is 11.9. The second-order valence-electron chi connectivity index (χ2n) is 2.65. The van der Waals surface area contributed by atoms with Crippen LogP contribution in [-0.4, -0.2) is 11.5 Å². The van der Waals surface area contributed by atoms with Crippen molar-refractivity contribution in [2.45, 2.75) is 5.75 Å². The first kappa shape index (κ1) is 10.2. The minimum atomic E-state index is 0.181. The zero-order valence-electron chi connectivity index (χ0n) is 7.18. The van der Waals surface area contributed by atoms with E-state index in [1.165, 1.54) is 22.8 Å². The van der Waals surface area contributed by atoms with Crippen LogP contribution in [0.4, 0.5) is 0 Å². The lowest BCUT2D eigenvalue weighted by atomic mass is 10.2. The molecule has 0 spiro atoms. The summed E-state index contributed by atoms with van der Waals surface area (Å²) in [6.07, 6.45) is 0. The van der Waals surface area contributed by atoms with Crippen LogP contribution in [0.25, 0.3) is 0 Å². The molecular weight excluding hydrogens is 235 g/mol. The topological polar surface area (TPSA) is 0 Å². The minimum Gasteiger partial charge on any atom is -0.111 e. The van der Waals surface area contributed by atoms with Gasteiger partial charge in [0.2, 0.25) is 0 Å². The largest absolute Gasteiger partial charge is 0.111 e. The zero-order valence-corrected chi connectivity index (χ0v) is 10.5. The first-order valence-electron chi connectivity index (χ1n) is 4.18. The molecule has 0 unspecified atom stereocenters. The molecule has 0 nitrogen and oxygen atoms in total. The minimum absolute atomic E-state index is 0.181. The number of hydrogen-bond donors (Lipinski definition) is 0. The molecule has 70 valence electrons. The van der Waals surface area contributed by atoms with Crippen LogP contribution in [0, 0.1) is 0 Å². The predicted octanol–water partition coefficient (Wildman–Crippen LogP) is 4.63. The van der Waals surface area contributed by atoms with Gasteiger partial charge in [0.15, 0.2) is 0 Å². The third-order valence-corrected chi connectivity index (χ3v) is 12.9. The van der Waals surface area contributed by atoms with E-state index in [0.717, 1.165) is 0 Å². The van der Waals surface area contributed by atoms with Crippen LogP contribution in [0.5, 0.6) is 0 Å². The molecule has 4 heteroatoms. The van der Waals surface area contributed by atoms with E-state index in [2.05, 4.69) is 64.5 Å². The monoisotopic (exact) mass is 246 g/mol. The molecule has 0 amide bonds. The first-order valence-corrected chi connectivity index (χ1v) is 10.3. The van der Waals surface area contributed by atoms with Gasteiger partial charge in [0.25, 0.3) is 0 Å². The SMILES string of the molecule is c1ccc(CSP2SCCS2)cc1. The molecule has 0 radical (unpaired) electrons. The highest BCUT2D eigenvalue weighted by Crippen LogP contribution is 2.74. The second-order valence-corrected chi connectivity index (χ2v) is 12.7. The molecule has 0 aromatic heterocycles. The van der Waals surface area contributed by atoms with Crippen LogP contribution >= 0.6 is 39.7 Å². The highest BCUT2D eigenvalue weighted by molar-refractivity contribution is 9.13. The van der Waals surface area contributed by atoms with E-state index in [1.807, 2.05) is 0 Å². The standard InChI is InChI=1S/C9H11PS3/c1-2-4-9(5-3-1)8-13-10-11-6-7-12-10/h1-5H,6-8H2. The van der Waals surface area contributed by atoms with Gasteiger partial charge >= 0.3 is 0 Å². The van der Waals surface area contributed by atoms with E-state index < -0.39 is 0 Å². The Labute approximate surface area is 92.6 Å². The summed E-state index contributed by atoms with van der Waals surface area (Å²) in [6, 6.07) is 10.8. The van der Waals surface area contributed by atoms with Gasteiger partial charge in [-0.05, 0) is 5.56 Å². The molecule has 0 bridgehead atoms. The maximum Gasteiger partial charge on any atom is 0.0733 e. The average molecular weight is 246 g/mol. The molecule has 1 fully saturated rings. The number of hydrogen-bond acceptors (Lipinski definition) is 3. The highest BCUT2D eigenvalue weighted by atomic mass is 33.4. The van der Waals surface area contributed by atoms with Gasteiger partial charge in [-0.15, -0.1) is 34.1 Å². The molecule has 1 aromatic carbocycles. The molecule has 1 aromatic rings. The van der Waals surface area contributed by atoms with Crippen molar-refractivity contribution in [3.05, 3.63) is 35.9 Å². The lowest BCUT2D eigenvalue weighted by molar-refractivity contribution is 1.43. The Balaban J connectivity index is 1.79. The molecular formula is C9H11PS3. The van der Waals surface area contributed by atoms with Gasteiger partial charge in [0.05, 0.1) is 5.53 Å². The lowest BCUT2D eigenvalue weighted by Gasteiger charge is -2.06.